The van der Waals surface area contributed by atoms with Crippen LogP contribution in [0.1, 0.15) is 25.2 Å². The number of aromatic nitrogens is 2. The van der Waals surface area contributed by atoms with Crippen molar-refractivity contribution in [1.82, 2.24) is 9.66 Å². The van der Waals surface area contributed by atoms with E-state index >= 15 is 0 Å². The van der Waals surface area contributed by atoms with E-state index in [4.69, 9.17) is 9.47 Å². The van der Waals surface area contributed by atoms with E-state index in [-0.39, 0.29) is 5.56 Å². The zero-order valence-electron chi connectivity index (χ0n) is 16.4. The Morgan fingerprint density at radius 3 is 2.72 bits per heavy atom. The van der Waals surface area contributed by atoms with Gasteiger partial charge < -0.3 is 9.47 Å². The number of halogens is 1. The van der Waals surface area contributed by atoms with Crippen molar-refractivity contribution in [2.45, 2.75) is 20.3 Å². The Bertz CT molecular complexity index is 1120. The molecule has 0 saturated heterocycles. The first-order valence-electron chi connectivity index (χ1n) is 9.33. The fourth-order valence-corrected chi connectivity index (χ4v) is 3.17. The molecule has 6 nitrogen and oxygen atoms in total. The third kappa shape index (κ3) is 4.74. The minimum atomic E-state index is -0.208. The van der Waals surface area contributed by atoms with Crippen LogP contribution in [0.3, 0.4) is 0 Å². The van der Waals surface area contributed by atoms with Gasteiger partial charge in [0.25, 0.3) is 5.56 Å². The number of hydrogen-bond donors (Lipinski definition) is 0. The van der Waals surface area contributed by atoms with Crippen molar-refractivity contribution < 1.29 is 9.47 Å². The minimum absolute atomic E-state index is 0.208. The Morgan fingerprint density at radius 2 is 2.00 bits per heavy atom. The van der Waals surface area contributed by atoms with Gasteiger partial charge >= 0.3 is 0 Å². The van der Waals surface area contributed by atoms with Gasteiger partial charge in [-0.2, -0.15) is 9.78 Å². The lowest BCUT2D eigenvalue weighted by Gasteiger charge is -2.11. The van der Waals surface area contributed by atoms with E-state index in [0.717, 1.165) is 10.0 Å². The lowest BCUT2D eigenvalue weighted by Crippen LogP contribution is -2.22. The zero-order chi connectivity index (χ0) is 20.8. The van der Waals surface area contributed by atoms with E-state index in [1.807, 2.05) is 44.2 Å². The summed E-state index contributed by atoms with van der Waals surface area (Å²) in [6, 6.07) is 10.9. The standard InChI is InChI=1S/C22H22BrN3O3/c1-4-11-29-19-10-7-15(12-20(19)28-6-3)14-24-26-21(5-2)25-18-9-8-16(23)13-17(18)22(26)27/h4,7-10,12-14H,1,5-6,11H2,2-3H3. The van der Waals surface area contributed by atoms with Gasteiger partial charge in [-0.25, -0.2) is 4.98 Å². The number of benzene rings is 2. The average Bonchev–Trinajstić information content (AvgIpc) is 2.73. The van der Waals surface area contributed by atoms with Gasteiger partial charge in [0, 0.05) is 10.9 Å². The number of fused-ring (bicyclic) bond motifs is 1. The second-order valence-corrected chi connectivity index (χ2v) is 7.06. The molecule has 7 heteroatoms. The molecule has 0 spiro atoms. The molecule has 1 heterocycles. The summed E-state index contributed by atoms with van der Waals surface area (Å²) in [6.07, 6.45) is 3.87. The van der Waals surface area contributed by atoms with E-state index in [2.05, 4.69) is 32.6 Å². The molecule has 29 heavy (non-hydrogen) atoms. The Labute approximate surface area is 177 Å². The summed E-state index contributed by atoms with van der Waals surface area (Å²) in [5.74, 6) is 1.84. The molecule has 0 aliphatic carbocycles. The maximum Gasteiger partial charge on any atom is 0.282 e. The summed E-state index contributed by atoms with van der Waals surface area (Å²) in [5, 5.41) is 4.92. The number of aryl methyl sites for hydroxylation is 1. The average molecular weight is 456 g/mol. The molecule has 0 bridgehead atoms. The first-order valence-corrected chi connectivity index (χ1v) is 10.1. The molecular weight excluding hydrogens is 434 g/mol. The first kappa shape index (κ1) is 20.8. The van der Waals surface area contributed by atoms with Gasteiger partial charge in [0.05, 0.1) is 23.7 Å². The molecule has 150 valence electrons. The molecule has 1 aromatic heterocycles. The SMILES string of the molecule is C=CCOc1ccc(C=Nn2c(CC)nc3ccc(Br)cc3c2=O)cc1OCC. The van der Waals surface area contributed by atoms with Crippen LogP contribution in [0.2, 0.25) is 0 Å². The van der Waals surface area contributed by atoms with Crippen LogP contribution in [0.5, 0.6) is 11.5 Å². The maximum absolute atomic E-state index is 13.0. The highest BCUT2D eigenvalue weighted by atomic mass is 79.9. The molecule has 0 amide bonds. The lowest BCUT2D eigenvalue weighted by molar-refractivity contribution is 0.297. The van der Waals surface area contributed by atoms with Crippen molar-refractivity contribution in [1.29, 1.82) is 0 Å². The molecule has 0 saturated carbocycles. The van der Waals surface area contributed by atoms with Crippen molar-refractivity contribution in [3.63, 3.8) is 0 Å². The van der Waals surface area contributed by atoms with Crippen LogP contribution in [0.25, 0.3) is 10.9 Å². The molecule has 0 fully saturated rings. The van der Waals surface area contributed by atoms with Crippen molar-refractivity contribution >= 4 is 33.0 Å². The largest absolute Gasteiger partial charge is 0.490 e. The zero-order valence-corrected chi connectivity index (χ0v) is 18.0. The molecule has 0 N–H and O–H groups in total. The van der Waals surface area contributed by atoms with E-state index in [9.17, 15) is 4.79 Å². The van der Waals surface area contributed by atoms with Gasteiger partial charge in [-0.15, -0.1) is 0 Å². The highest BCUT2D eigenvalue weighted by Gasteiger charge is 2.10. The fraction of sp³-hybridized carbons (Fsp3) is 0.227. The van der Waals surface area contributed by atoms with Gasteiger partial charge in [-0.3, -0.25) is 4.79 Å². The number of ether oxygens (including phenoxy) is 2. The summed E-state index contributed by atoms with van der Waals surface area (Å²) in [5.41, 5.74) is 1.23. The van der Waals surface area contributed by atoms with Crippen molar-refractivity contribution in [2.75, 3.05) is 13.2 Å². The van der Waals surface area contributed by atoms with E-state index < -0.39 is 0 Å². The topological polar surface area (TPSA) is 65.7 Å². The van der Waals surface area contributed by atoms with Crippen molar-refractivity contribution in [3.05, 3.63) is 75.3 Å². The number of nitrogens with zero attached hydrogens (tertiary/aromatic N) is 3. The maximum atomic E-state index is 13.0. The summed E-state index contributed by atoms with van der Waals surface area (Å²) >= 11 is 3.40. The van der Waals surface area contributed by atoms with E-state index in [0.29, 0.717) is 47.9 Å². The Balaban J connectivity index is 2.01. The van der Waals surface area contributed by atoms with E-state index in [1.54, 1.807) is 18.4 Å². The van der Waals surface area contributed by atoms with Gasteiger partial charge in [0.15, 0.2) is 11.5 Å². The van der Waals surface area contributed by atoms with Crippen LogP contribution in [-0.2, 0) is 6.42 Å². The summed E-state index contributed by atoms with van der Waals surface area (Å²) in [6.45, 7) is 8.40. The van der Waals surface area contributed by atoms with Crippen LogP contribution < -0.4 is 15.0 Å². The normalized spacial score (nSPS) is 11.1. The lowest BCUT2D eigenvalue weighted by atomic mass is 10.2. The highest BCUT2D eigenvalue weighted by Crippen LogP contribution is 2.28. The summed E-state index contributed by atoms with van der Waals surface area (Å²) < 4.78 is 13.4. The molecule has 0 aliphatic heterocycles. The molecule has 0 aliphatic rings. The van der Waals surface area contributed by atoms with Gasteiger partial charge in [0.1, 0.15) is 12.4 Å². The predicted octanol–water partition coefficient (Wildman–Crippen LogP) is 4.57. The number of hydrogen-bond acceptors (Lipinski definition) is 5. The van der Waals surface area contributed by atoms with Crippen LogP contribution in [0.4, 0.5) is 0 Å². The Kier molecular flexibility index (Phi) is 6.82. The molecule has 0 radical (unpaired) electrons. The Hall–Kier alpha value is -2.93. The fourth-order valence-electron chi connectivity index (χ4n) is 2.81. The van der Waals surface area contributed by atoms with Crippen LogP contribution >= 0.6 is 15.9 Å². The first-order chi connectivity index (χ1) is 14.1. The highest BCUT2D eigenvalue weighted by molar-refractivity contribution is 9.10. The van der Waals surface area contributed by atoms with Crippen molar-refractivity contribution in [3.8, 4) is 11.5 Å². The van der Waals surface area contributed by atoms with Gasteiger partial charge in [-0.1, -0.05) is 35.5 Å². The minimum Gasteiger partial charge on any atom is -0.490 e. The second kappa shape index (κ2) is 9.52. The predicted molar refractivity (Wildman–Crippen MR) is 119 cm³/mol. The Morgan fingerprint density at radius 1 is 1.17 bits per heavy atom. The molecule has 2 aromatic carbocycles. The van der Waals surface area contributed by atoms with Crippen LogP contribution in [-0.4, -0.2) is 29.1 Å². The molecule has 3 rings (SSSR count). The van der Waals surface area contributed by atoms with E-state index in [1.165, 1.54) is 4.68 Å². The van der Waals surface area contributed by atoms with Gasteiger partial charge in [0.2, 0.25) is 0 Å². The quantitative estimate of drug-likeness (QED) is 0.368. The third-order valence-electron chi connectivity index (χ3n) is 4.14. The monoisotopic (exact) mass is 455 g/mol. The smallest absolute Gasteiger partial charge is 0.282 e. The van der Waals surface area contributed by atoms with Crippen LogP contribution in [0.15, 0.2) is 63.4 Å². The second-order valence-electron chi connectivity index (χ2n) is 6.14. The molecule has 0 atom stereocenters. The third-order valence-corrected chi connectivity index (χ3v) is 4.63. The molecular formula is C22H22BrN3O3. The molecule has 3 aromatic rings. The van der Waals surface area contributed by atoms with Crippen molar-refractivity contribution in [2.24, 2.45) is 5.10 Å². The summed E-state index contributed by atoms with van der Waals surface area (Å²) in [7, 11) is 0. The summed E-state index contributed by atoms with van der Waals surface area (Å²) in [4.78, 5) is 17.5. The molecule has 0 unspecified atom stereocenters. The van der Waals surface area contributed by atoms with Gasteiger partial charge in [-0.05, 0) is 48.9 Å². The van der Waals surface area contributed by atoms with Crippen LogP contribution in [0, 0.1) is 0 Å². The number of rotatable bonds is 8.